The van der Waals surface area contributed by atoms with E-state index in [1.165, 1.54) is 21.9 Å². The summed E-state index contributed by atoms with van der Waals surface area (Å²) in [6.45, 7) is 0. The van der Waals surface area contributed by atoms with Crippen LogP contribution in [0.4, 0.5) is 0 Å². The lowest BCUT2D eigenvalue weighted by molar-refractivity contribution is 1.11. The normalized spacial score (nSPS) is 12.0. The summed E-state index contributed by atoms with van der Waals surface area (Å²) >= 11 is 0. The standard InChI is InChI=1S/C31H20N4/c1-3-11-24-22(10-1)23-19-20(17-18-25(23)32-24)21-9-2-5-13-27(21)34-29-15-7-8-16-30(29)35-28-14-6-4-12-26(28)33-31(34)35/h1-19,32H. The highest BCUT2D eigenvalue weighted by molar-refractivity contribution is 6.08. The Morgan fingerprint density at radius 3 is 2.23 bits per heavy atom. The van der Waals surface area contributed by atoms with Gasteiger partial charge in [0.15, 0.2) is 0 Å². The minimum Gasteiger partial charge on any atom is -0.355 e. The van der Waals surface area contributed by atoms with E-state index in [1.54, 1.807) is 0 Å². The van der Waals surface area contributed by atoms with Crippen molar-refractivity contribution in [2.75, 3.05) is 0 Å². The van der Waals surface area contributed by atoms with Gasteiger partial charge in [0.05, 0.1) is 27.8 Å². The third-order valence-electron chi connectivity index (χ3n) is 7.07. The molecule has 0 atom stereocenters. The molecule has 0 spiro atoms. The van der Waals surface area contributed by atoms with Crippen molar-refractivity contribution in [3.8, 4) is 16.8 Å². The molecule has 0 saturated heterocycles. The molecular formula is C31H20N4. The van der Waals surface area contributed by atoms with E-state index in [2.05, 4.69) is 123 Å². The van der Waals surface area contributed by atoms with Crippen LogP contribution in [0.25, 0.3) is 66.5 Å². The van der Waals surface area contributed by atoms with Gasteiger partial charge in [0.2, 0.25) is 5.78 Å². The summed E-state index contributed by atoms with van der Waals surface area (Å²) in [6.07, 6.45) is 0. The van der Waals surface area contributed by atoms with Crippen LogP contribution in [-0.4, -0.2) is 18.9 Å². The molecule has 0 unspecified atom stereocenters. The summed E-state index contributed by atoms with van der Waals surface area (Å²) in [5, 5.41) is 2.48. The van der Waals surface area contributed by atoms with E-state index < -0.39 is 0 Å². The Bertz CT molecular complexity index is 2070. The van der Waals surface area contributed by atoms with E-state index in [1.807, 2.05) is 6.07 Å². The van der Waals surface area contributed by atoms with Crippen molar-refractivity contribution in [1.29, 1.82) is 0 Å². The molecule has 0 amide bonds. The molecule has 8 rings (SSSR count). The van der Waals surface area contributed by atoms with Gasteiger partial charge in [-0.05, 0) is 54.1 Å². The second-order valence-electron chi connectivity index (χ2n) is 9.01. The minimum absolute atomic E-state index is 0.924. The zero-order valence-corrected chi connectivity index (χ0v) is 18.8. The lowest BCUT2D eigenvalue weighted by Gasteiger charge is -2.12. The molecule has 3 aromatic heterocycles. The summed E-state index contributed by atoms with van der Waals surface area (Å²) < 4.78 is 4.56. The Morgan fingerprint density at radius 2 is 1.29 bits per heavy atom. The molecule has 0 aliphatic heterocycles. The molecule has 4 heteroatoms. The first kappa shape index (κ1) is 18.6. The van der Waals surface area contributed by atoms with Crippen molar-refractivity contribution >= 4 is 49.7 Å². The van der Waals surface area contributed by atoms with Crippen molar-refractivity contribution in [2.24, 2.45) is 0 Å². The highest BCUT2D eigenvalue weighted by Crippen LogP contribution is 2.36. The summed E-state index contributed by atoms with van der Waals surface area (Å²) in [7, 11) is 0. The topological polar surface area (TPSA) is 38.0 Å². The predicted molar refractivity (Wildman–Crippen MR) is 144 cm³/mol. The van der Waals surface area contributed by atoms with Crippen molar-refractivity contribution in [3.63, 3.8) is 0 Å². The van der Waals surface area contributed by atoms with Crippen LogP contribution in [0.15, 0.2) is 115 Å². The molecule has 0 radical (unpaired) electrons. The van der Waals surface area contributed by atoms with Crippen LogP contribution in [0.3, 0.4) is 0 Å². The number of hydrogen-bond donors (Lipinski definition) is 1. The molecule has 0 fully saturated rings. The van der Waals surface area contributed by atoms with Crippen LogP contribution in [0.5, 0.6) is 0 Å². The number of aromatic nitrogens is 4. The van der Waals surface area contributed by atoms with E-state index >= 15 is 0 Å². The van der Waals surface area contributed by atoms with Gasteiger partial charge >= 0.3 is 0 Å². The van der Waals surface area contributed by atoms with Gasteiger partial charge in [-0.2, -0.15) is 0 Å². The van der Waals surface area contributed by atoms with E-state index in [9.17, 15) is 0 Å². The average Bonchev–Trinajstić information content (AvgIpc) is 3.57. The maximum atomic E-state index is 5.07. The van der Waals surface area contributed by atoms with Crippen LogP contribution in [0.2, 0.25) is 0 Å². The fourth-order valence-electron chi connectivity index (χ4n) is 5.52. The summed E-state index contributed by atoms with van der Waals surface area (Å²) in [4.78, 5) is 8.61. The third-order valence-corrected chi connectivity index (χ3v) is 7.07. The van der Waals surface area contributed by atoms with Gasteiger partial charge < -0.3 is 4.98 Å². The van der Waals surface area contributed by atoms with Crippen LogP contribution in [0, 0.1) is 0 Å². The predicted octanol–water partition coefficient (Wildman–Crippen LogP) is 7.73. The summed E-state index contributed by atoms with van der Waals surface area (Å²) in [5.41, 5.74) is 10.2. The fraction of sp³-hybridized carbons (Fsp3) is 0. The van der Waals surface area contributed by atoms with Gasteiger partial charge in [-0.3, -0.25) is 8.97 Å². The van der Waals surface area contributed by atoms with Crippen molar-refractivity contribution < 1.29 is 0 Å². The zero-order chi connectivity index (χ0) is 22.9. The maximum absolute atomic E-state index is 5.07. The molecule has 8 aromatic rings. The minimum atomic E-state index is 0.924. The SMILES string of the molecule is c1ccc(-n2c3ccccc3n3c4ccccc4nc23)c(-c2ccc3[nH]c4ccccc4c3c2)c1. The number of fused-ring (bicyclic) bond motifs is 8. The molecule has 5 aromatic carbocycles. The molecule has 4 nitrogen and oxygen atoms in total. The first-order chi connectivity index (χ1) is 17.4. The van der Waals surface area contributed by atoms with Crippen LogP contribution in [-0.2, 0) is 0 Å². The Hall–Kier alpha value is -4.83. The van der Waals surface area contributed by atoms with Gasteiger partial charge in [0.25, 0.3) is 0 Å². The number of hydrogen-bond acceptors (Lipinski definition) is 1. The van der Waals surface area contributed by atoms with Gasteiger partial charge in [-0.15, -0.1) is 0 Å². The Balaban J connectivity index is 1.46. The zero-order valence-electron chi connectivity index (χ0n) is 18.8. The van der Waals surface area contributed by atoms with Gasteiger partial charge in [-0.1, -0.05) is 66.7 Å². The second-order valence-corrected chi connectivity index (χ2v) is 9.01. The van der Waals surface area contributed by atoms with Crippen molar-refractivity contribution in [3.05, 3.63) is 115 Å². The number of benzene rings is 5. The largest absolute Gasteiger partial charge is 0.355 e. The summed E-state index contributed by atoms with van der Waals surface area (Å²) in [6, 6.07) is 40.7. The molecular weight excluding hydrogens is 428 g/mol. The summed E-state index contributed by atoms with van der Waals surface area (Å²) in [5.74, 6) is 0.924. The third kappa shape index (κ3) is 2.53. The molecule has 3 heterocycles. The highest BCUT2D eigenvalue weighted by atomic mass is 15.2. The van der Waals surface area contributed by atoms with Crippen LogP contribution in [0.1, 0.15) is 0 Å². The number of aromatic amines is 1. The monoisotopic (exact) mass is 448 g/mol. The molecule has 0 saturated carbocycles. The molecule has 35 heavy (non-hydrogen) atoms. The fourth-order valence-corrected chi connectivity index (χ4v) is 5.52. The van der Waals surface area contributed by atoms with Crippen molar-refractivity contribution in [1.82, 2.24) is 18.9 Å². The molecule has 0 bridgehead atoms. The highest BCUT2D eigenvalue weighted by Gasteiger charge is 2.19. The Morgan fingerprint density at radius 1 is 0.571 bits per heavy atom. The van der Waals surface area contributed by atoms with E-state index in [4.69, 9.17) is 4.98 Å². The molecule has 0 aliphatic carbocycles. The number of para-hydroxylation sites is 6. The lowest BCUT2D eigenvalue weighted by atomic mass is 10.0. The number of nitrogens with zero attached hydrogens (tertiary/aromatic N) is 3. The van der Waals surface area contributed by atoms with Crippen LogP contribution >= 0.6 is 0 Å². The first-order valence-corrected chi connectivity index (χ1v) is 11.8. The first-order valence-electron chi connectivity index (χ1n) is 11.8. The lowest BCUT2D eigenvalue weighted by Crippen LogP contribution is -1.98. The van der Waals surface area contributed by atoms with Crippen molar-refractivity contribution in [2.45, 2.75) is 0 Å². The Labute approximate surface area is 200 Å². The quantitative estimate of drug-likeness (QED) is 0.289. The van der Waals surface area contributed by atoms with Gasteiger partial charge in [-0.25, -0.2) is 4.98 Å². The number of H-pyrrole nitrogens is 1. The average molecular weight is 449 g/mol. The van der Waals surface area contributed by atoms with E-state index in [0.717, 1.165) is 44.6 Å². The molecule has 0 aliphatic rings. The number of rotatable bonds is 2. The number of imidazole rings is 2. The maximum Gasteiger partial charge on any atom is 0.220 e. The smallest absolute Gasteiger partial charge is 0.220 e. The second kappa shape index (κ2) is 6.84. The molecule has 1 N–H and O–H groups in total. The number of nitrogens with one attached hydrogen (secondary N) is 1. The Kier molecular flexibility index (Phi) is 3.63. The molecule has 164 valence electrons. The van der Waals surface area contributed by atoms with Crippen LogP contribution < -0.4 is 0 Å². The van der Waals surface area contributed by atoms with Gasteiger partial charge in [0, 0.05) is 27.4 Å². The van der Waals surface area contributed by atoms with E-state index in [0.29, 0.717) is 0 Å². The van der Waals surface area contributed by atoms with Gasteiger partial charge in [0.1, 0.15) is 0 Å². The van der Waals surface area contributed by atoms with E-state index in [-0.39, 0.29) is 0 Å².